The van der Waals surface area contributed by atoms with Crippen LogP contribution in [0.15, 0.2) is 18.3 Å². The first kappa shape index (κ1) is 21.2. The van der Waals surface area contributed by atoms with Gasteiger partial charge in [0.25, 0.3) is 0 Å². The second-order valence-corrected chi connectivity index (χ2v) is 8.42. The lowest BCUT2D eigenvalue weighted by atomic mass is 9.96. The SMILES string of the molecule is CCCC[C@H](CC(=O)NO)C(=O)N1CC2(CC2)C[C@H]1C(=O)Nc1ncccc1C. The van der Waals surface area contributed by atoms with Crippen molar-refractivity contribution in [1.29, 1.82) is 0 Å². The standard InChI is InChI=1S/C21H30N4O4/c1-3-4-7-15(11-17(26)24-29)20(28)25-13-21(8-9-21)12-16(25)19(27)23-18-14(2)6-5-10-22-18/h5-6,10,15-16,29H,3-4,7-9,11-13H2,1-2H3,(H,24,26)(H,22,23,27)/t15-,16+/m1/s1. The van der Waals surface area contributed by atoms with Gasteiger partial charge >= 0.3 is 0 Å². The highest BCUT2D eigenvalue weighted by Gasteiger charge is 2.55. The molecule has 29 heavy (non-hydrogen) atoms. The number of carbonyl (C=O) groups is 3. The van der Waals surface area contributed by atoms with E-state index in [-0.39, 0.29) is 23.7 Å². The summed E-state index contributed by atoms with van der Waals surface area (Å²) in [7, 11) is 0. The predicted octanol–water partition coefficient (Wildman–Crippen LogP) is 2.41. The average molecular weight is 402 g/mol. The number of aryl methyl sites for hydroxylation is 1. The molecule has 2 aliphatic rings. The highest BCUT2D eigenvalue weighted by molar-refractivity contribution is 5.98. The lowest BCUT2D eigenvalue weighted by Gasteiger charge is -2.28. The van der Waals surface area contributed by atoms with Crippen molar-refractivity contribution in [2.45, 2.75) is 64.8 Å². The normalized spacial score (nSPS) is 20.4. The van der Waals surface area contributed by atoms with E-state index in [1.54, 1.807) is 22.6 Å². The van der Waals surface area contributed by atoms with E-state index in [0.717, 1.165) is 31.2 Å². The maximum absolute atomic E-state index is 13.3. The molecule has 1 saturated carbocycles. The summed E-state index contributed by atoms with van der Waals surface area (Å²) in [5.41, 5.74) is 2.51. The lowest BCUT2D eigenvalue weighted by Crippen LogP contribution is -2.46. The van der Waals surface area contributed by atoms with Crippen LogP contribution < -0.4 is 10.8 Å². The summed E-state index contributed by atoms with van der Waals surface area (Å²) < 4.78 is 0. The van der Waals surface area contributed by atoms with Gasteiger partial charge < -0.3 is 10.2 Å². The second kappa shape index (κ2) is 8.90. The lowest BCUT2D eigenvalue weighted by molar-refractivity contribution is -0.143. The van der Waals surface area contributed by atoms with E-state index in [1.807, 2.05) is 19.9 Å². The van der Waals surface area contributed by atoms with Crippen molar-refractivity contribution >= 4 is 23.5 Å². The fourth-order valence-electron chi connectivity index (χ4n) is 4.15. The van der Waals surface area contributed by atoms with E-state index in [2.05, 4.69) is 10.3 Å². The van der Waals surface area contributed by atoms with Gasteiger partial charge in [0.2, 0.25) is 17.7 Å². The smallest absolute Gasteiger partial charge is 0.248 e. The third-order valence-corrected chi connectivity index (χ3v) is 6.11. The number of nitrogens with one attached hydrogen (secondary N) is 2. The Labute approximate surface area is 171 Å². The number of hydrogen-bond donors (Lipinski definition) is 3. The van der Waals surface area contributed by atoms with Crippen LogP contribution in [-0.4, -0.2) is 45.4 Å². The van der Waals surface area contributed by atoms with E-state index in [4.69, 9.17) is 5.21 Å². The molecule has 2 atom stereocenters. The van der Waals surface area contributed by atoms with Crippen LogP contribution in [0.4, 0.5) is 5.82 Å². The quantitative estimate of drug-likeness (QED) is 0.457. The van der Waals surface area contributed by atoms with Gasteiger partial charge in [0.1, 0.15) is 11.9 Å². The van der Waals surface area contributed by atoms with Gasteiger partial charge in [0, 0.05) is 25.1 Å². The number of rotatable bonds is 8. The Morgan fingerprint density at radius 3 is 2.76 bits per heavy atom. The van der Waals surface area contributed by atoms with E-state index in [1.165, 1.54) is 0 Å². The van der Waals surface area contributed by atoms with Crippen molar-refractivity contribution in [3.05, 3.63) is 23.9 Å². The van der Waals surface area contributed by atoms with Crippen molar-refractivity contribution in [2.24, 2.45) is 11.3 Å². The molecule has 1 aromatic heterocycles. The number of nitrogens with zero attached hydrogens (tertiary/aromatic N) is 2. The van der Waals surface area contributed by atoms with E-state index in [0.29, 0.717) is 25.2 Å². The molecule has 1 aromatic rings. The summed E-state index contributed by atoms with van der Waals surface area (Å²) >= 11 is 0. The summed E-state index contributed by atoms with van der Waals surface area (Å²) in [5.74, 6) is -1.02. The number of pyridine rings is 1. The Bertz CT molecular complexity index is 778. The maximum Gasteiger partial charge on any atom is 0.248 e. The molecule has 0 radical (unpaired) electrons. The zero-order chi connectivity index (χ0) is 21.0. The molecule has 1 spiro atoms. The number of likely N-dealkylation sites (tertiary alicyclic amines) is 1. The molecule has 1 aliphatic carbocycles. The minimum atomic E-state index is -0.579. The molecule has 0 bridgehead atoms. The Hall–Kier alpha value is -2.48. The predicted molar refractivity (Wildman–Crippen MR) is 107 cm³/mol. The van der Waals surface area contributed by atoms with Crippen molar-refractivity contribution in [2.75, 3.05) is 11.9 Å². The third kappa shape index (κ3) is 4.93. The molecule has 8 heteroatoms. The second-order valence-electron chi connectivity index (χ2n) is 8.42. The Kier molecular flexibility index (Phi) is 6.52. The van der Waals surface area contributed by atoms with Gasteiger partial charge in [-0.1, -0.05) is 25.8 Å². The van der Waals surface area contributed by atoms with Gasteiger partial charge in [-0.2, -0.15) is 0 Å². The van der Waals surface area contributed by atoms with Gasteiger partial charge in [0.15, 0.2) is 0 Å². The zero-order valence-electron chi connectivity index (χ0n) is 17.1. The highest BCUT2D eigenvalue weighted by Crippen LogP contribution is 2.55. The molecule has 1 aliphatic heterocycles. The number of unbranched alkanes of at least 4 members (excludes halogenated alkanes) is 1. The fraction of sp³-hybridized carbons (Fsp3) is 0.619. The average Bonchev–Trinajstić information content (AvgIpc) is 3.36. The number of anilines is 1. The number of amides is 3. The maximum atomic E-state index is 13.3. The minimum absolute atomic E-state index is 0.0331. The molecular formula is C21H30N4O4. The van der Waals surface area contributed by atoms with Crippen LogP contribution in [-0.2, 0) is 14.4 Å². The zero-order valence-corrected chi connectivity index (χ0v) is 17.1. The number of aromatic nitrogens is 1. The van der Waals surface area contributed by atoms with Gasteiger partial charge in [-0.25, -0.2) is 10.5 Å². The first-order chi connectivity index (χ1) is 13.9. The molecule has 2 fully saturated rings. The number of hydrogen-bond acceptors (Lipinski definition) is 5. The first-order valence-corrected chi connectivity index (χ1v) is 10.3. The molecule has 1 saturated heterocycles. The number of hydroxylamine groups is 1. The van der Waals surface area contributed by atoms with Crippen LogP contribution in [0.2, 0.25) is 0 Å². The van der Waals surface area contributed by atoms with Gasteiger partial charge in [-0.05, 0) is 49.7 Å². The highest BCUT2D eigenvalue weighted by atomic mass is 16.5. The van der Waals surface area contributed by atoms with Crippen LogP contribution in [0.3, 0.4) is 0 Å². The third-order valence-electron chi connectivity index (χ3n) is 6.11. The van der Waals surface area contributed by atoms with Crippen molar-refractivity contribution in [3.8, 4) is 0 Å². The Morgan fingerprint density at radius 1 is 1.38 bits per heavy atom. The molecule has 0 unspecified atom stereocenters. The fourth-order valence-corrected chi connectivity index (χ4v) is 4.15. The number of carbonyl (C=O) groups excluding carboxylic acids is 3. The van der Waals surface area contributed by atoms with Crippen LogP contribution >= 0.6 is 0 Å². The van der Waals surface area contributed by atoms with E-state index >= 15 is 0 Å². The largest absolute Gasteiger partial charge is 0.330 e. The van der Waals surface area contributed by atoms with Gasteiger partial charge in [-0.15, -0.1) is 0 Å². The van der Waals surface area contributed by atoms with Crippen molar-refractivity contribution in [3.63, 3.8) is 0 Å². The Morgan fingerprint density at radius 2 is 2.14 bits per heavy atom. The molecule has 2 heterocycles. The molecule has 3 N–H and O–H groups in total. The van der Waals surface area contributed by atoms with E-state index in [9.17, 15) is 14.4 Å². The molecular weight excluding hydrogens is 372 g/mol. The monoisotopic (exact) mass is 402 g/mol. The Balaban J connectivity index is 1.77. The molecule has 158 valence electrons. The molecule has 3 rings (SSSR count). The summed E-state index contributed by atoms with van der Waals surface area (Å²) in [6, 6.07) is 3.12. The first-order valence-electron chi connectivity index (χ1n) is 10.3. The van der Waals surface area contributed by atoms with E-state index < -0.39 is 17.9 Å². The summed E-state index contributed by atoms with van der Waals surface area (Å²) in [4.78, 5) is 44.0. The minimum Gasteiger partial charge on any atom is -0.330 e. The summed E-state index contributed by atoms with van der Waals surface area (Å²) in [6.45, 7) is 4.44. The van der Waals surface area contributed by atoms with Crippen LogP contribution in [0.5, 0.6) is 0 Å². The molecule has 3 amide bonds. The van der Waals surface area contributed by atoms with Crippen molar-refractivity contribution < 1.29 is 19.6 Å². The van der Waals surface area contributed by atoms with Crippen LogP contribution in [0, 0.1) is 18.3 Å². The van der Waals surface area contributed by atoms with Gasteiger partial charge in [-0.3, -0.25) is 19.6 Å². The topological polar surface area (TPSA) is 112 Å². The molecule has 8 nitrogen and oxygen atoms in total. The van der Waals surface area contributed by atoms with Crippen LogP contribution in [0.25, 0.3) is 0 Å². The van der Waals surface area contributed by atoms with Gasteiger partial charge in [0.05, 0.1) is 0 Å². The summed E-state index contributed by atoms with van der Waals surface area (Å²) in [5, 5.41) is 11.8. The van der Waals surface area contributed by atoms with Crippen LogP contribution in [0.1, 0.15) is 57.4 Å². The molecule has 0 aromatic carbocycles. The van der Waals surface area contributed by atoms with Crippen molar-refractivity contribution in [1.82, 2.24) is 15.4 Å². The summed E-state index contributed by atoms with van der Waals surface area (Å²) in [6.07, 6.45) is 6.47.